The predicted octanol–water partition coefficient (Wildman–Crippen LogP) is 2.32. The van der Waals surface area contributed by atoms with Gasteiger partial charge < -0.3 is 20.1 Å². The summed E-state index contributed by atoms with van der Waals surface area (Å²) < 4.78 is 10.2. The number of nitrogens with one attached hydrogen (secondary N) is 2. The minimum Gasteiger partial charge on any atom is -0.494 e. The van der Waals surface area contributed by atoms with Crippen LogP contribution >= 0.6 is 12.2 Å². The second-order valence-electron chi connectivity index (χ2n) is 4.10. The largest absolute Gasteiger partial charge is 0.494 e. The molecule has 0 aliphatic rings. The lowest BCUT2D eigenvalue weighted by Gasteiger charge is -2.11. The van der Waals surface area contributed by atoms with Gasteiger partial charge in [0, 0.05) is 20.3 Å². The maximum Gasteiger partial charge on any atom is 0.296 e. The van der Waals surface area contributed by atoms with Gasteiger partial charge in [-0.3, -0.25) is 10.1 Å². The molecule has 1 aromatic carbocycles. The summed E-state index contributed by atoms with van der Waals surface area (Å²) in [6.45, 7) is 3.52. The molecule has 0 saturated carbocycles. The van der Waals surface area contributed by atoms with Crippen molar-refractivity contribution in [1.82, 2.24) is 5.32 Å². The highest BCUT2D eigenvalue weighted by Crippen LogP contribution is 2.29. The van der Waals surface area contributed by atoms with Crippen LogP contribution in [0.5, 0.6) is 5.75 Å². The van der Waals surface area contributed by atoms with E-state index in [-0.39, 0.29) is 5.69 Å². The van der Waals surface area contributed by atoms with Crippen LogP contribution in [0.2, 0.25) is 0 Å². The Morgan fingerprint density at radius 3 is 2.86 bits per heavy atom. The maximum absolute atomic E-state index is 11.1. The molecular formula is C13H19N3O4S. The molecule has 7 nitrogen and oxygen atoms in total. The summed E-state index contributed by atoms with van der Waals surface area (Å²) in [4.78, 5) is 10.6. The smallest absolute Gasteiger partial charge is 0.296 e. The lowest BCUT2D eigenvalue weighted by Crippen LogP contribution is -2.30. The molecular weight excluding hydrogens is 294 g/mol. The van der Waals surface area contributed by atoms with Gasteiger partial charge in [0.1, 0.15) is 11.4 Å². The summed E-state index contributed by atoms with van der Waals surface area (Å²) >= 11 is 5.10. The van der Waals surface area contributed by atoms with E-state index >= 15 is 0 Å². The van der Waals surface area contributed by atoms with Crippen molar-refractivity contribution in [1.29, 1.82) is 0 Å². The van der Waals surface area contributed by atoms with Crippen LogP contribution < -0.4 is 15.4 Å². The van der Waals surface area contributed by atoms with Crippen LogP contribution in [0.3, 0.4) is 0 Å². The summed E-state index contributed by atoms with van der Waals surface area (Å²) in [5, 5.41) is 17.2. The molecule has 0 amide bonds. The third-order valence-corrected chi connectivity index (χ3v) is 2.78. The zero-order valence-electron chi connectivity index (χ0n) is 12.0. The van der Waals surface area contributed by atoms with E-state index in [9.17, 15) is 10.1 Å². The predicted molar refractivity (Wildman–Crippen MR) is 85.0 cm³/mol. The zero-order valence-corrected chi connectivity index (χ0v) is 12.9. The molecule has 0 fully saturated rings. The molecule has 2 N–H and O–H groups in total. The summed E-state index contributed by atoms with van der Waals surface area (Å²) in [7, 11) is 1.62. The van der Waals surface area contributed by atoms with Crippen molar-refractivity contribution < 1.29 is 14.4 Å². The Morgan fingerprint density at radius 1 is 1.48 bits per heavy atom. The molecule has 0 radical (unpaired) electrons. The SMILES string of the molecule is CCOc1ccc(NC(=S)NCCCOC)c([N+](=O)[O-])c1. The van der Waals surface area contributed by atoms with Gasteiger partial charge in [0.25, 0.3) is 5.69 Å². The summed E-state index contributed by atoms with van der Waals surface area (Å²) in [5.41, 5.74) is 0.245. The molecule has 0 spiro atoms. The van der Waals surface area contributed by atoms with E-state index < -0.39 is 4.92 Å². The van der Waals surface area contributed by atoms with Gasteiger partial charge in [-0.2, -0.15) is 0 Å². The van der Waals surface area contributed by atoms with Gasteiger partial charge in [-0.25, -0.2) is 0 Å². The van der Waals surface area contributed by atoms with E-state index in [4.69, 9.17) is 21.7 Å². The molecule has 0 aliphatic heterocycles. The molecule has 0 aromatic heterocycles. The minimum absolute atomic E-state index is 0.0815. The van der Waals surface area contributed by atoms with Gasteiger partial charge in [0.2, 0.25) is 0 Å². The van der Waals surface area contributed by atoms with Gasteiger partial charge in [-0.1, -0.05) is 0 Å². The standard InChI is InChI=1S/C13H19N3O4S/c1-3-20-10-5-6-11(12(9-10)16(17)18)15-13(21)14-7-4-8-19-2/h5-6,9H,3-4,7-8H2,1-2H3,(H2,14,15,21). The number of methoxy groups -OCH3 is 1. The molecule has 0 unspecified atom stereocenters. The molecule has 0 saturated heterocycles. The molecule has 21 heavy (non-hydrogen) atoms. The van der Waals surface area contributed by atoms with E-state index in [1.54, 1.807) is 19.2 Å². The van der Waals surface area contributed by atoms with Gasteiger partial charge in [-0.15, -0.1) is 0 Å². The van der Waals surface area contributed by atoms with Gasteiger partial charge in [0.15, 0.2) is 5.11 Å². The third kappa shape index (κ3) is 5.92. The second-order valence-corrected chi connectivity index (χ2v) is 4.50. The number of anilines is 1. The molecule has 1 rings (SSSR count). The Hall–Kier alpha value is -1.93. The Morgan fingerprint density at radius 2 is 2.24 bits per heavy atom. The number of nitro groups is 1. The molecule has 0 atom stereocenters. The zero-order chi connectivity index (χ0) is 15.7. The van der Waals surface area contributed by atoms with E-state index in [0.29, 0.717) is 36.3 Å². The molecule has 0 bridgehead atoms. The first kappa shape index (κ1) is 17.1. The van der Waals surface area contributed by atoms with E-state index in [0.717, 1.165) is 6.42 Å². The highest BCUT2D eigenvalue weighted by Gasteiger charge is 2.16. The van der Waals surface area contributed by atoms with Crippen LogP contribution in [0, 0.1) is 10.1 Å². The van der Waals surface area contributed by atoms with Crippen molar-refractivity contribution in [2.75, 3.05) is 32.2 Å². The van der Waals surface area contributed by atoms with Crippen LogP contribution in [-0.4, -0.2) is 36.9 Å². The number of rotatable bonds is 8. The van der Waals surface area contributed by atoms with Crippen LogP contribution in [0.1, 0.15) is 13.3 Å². The Kier molecular flexibility index (Phi) is 7.41. The first-order valence-corrected chi connectivity index (χ1v) is 6.94. The summed E-state index contributed by atoms with van der Waals surface area (Å²) in [5.74, 6) is 0.453. The minimum atomic E-state index is -0.474. The average Bonchev–Trinajstić information content (AvgIpc) is 2.45. The Balaban J connectivity index is 2.68. The normalized spacial score (nSPS) is 10.0. The van der Waals surface area contributed by atoms with Crippen molar-refractivity contribution in [3.8, 4) is 5.75 Å². The molecule has 1 aromatic rings. The van der Waals surface area contributed by atoms with Gasteiger partial charge in [-0.05, 0) is 37.7 Å². The van der Waals surface area contributed by atoms with Crippen LogP contribution in [0.25, 0.3) is 0 Å². The van der Waals surface area contributed by atoms with E-state index in [1.807, 2.05) is 6.92 Å². The summed E-state index contributed by atoms with van der Waals surface area (Å²) in [6.07, 6.45) is 0.795. The number of ether oxygens (including phenoxy) is 2. The number of nitrogens with zero attached hydrogens (tertiary/aromatic N) is 1. The lowest BCUT2D eigenvalue weighted by molar-refractivity contribution is -0.384. The highest BCUT2D eigenvalue weighted by atomic mass is 32.1. The number of benzene rings is 1. The first-order chi connectivity index (χ1) is 10.1. The Bertz CT molecular complexity index is 496. The van der Waals surface area contributed by atoms with Crippen LogP contribution in [-0.2, 0) is 4.74 Å². The maximum atomic E-state index is 11.1. The van der Waals surface area contributed by atoms with E-state index in [1.165, 1.54) is 6.07 Å². The van der Waals surface area contributed by atoms with Crippen molar-refractivity contribution >= 4 is 28.7 Å². The molecule has 0 heterocycles. The monoisotopic (exact) mass is 313 g/mol. The average molecular weight is 313 g/mol. The lowest BCUT2D eigenvalue weighted by atomic mass is 10.2. The van der Waals surface area contributed by atoms with Crippen LogP contribution in [0.4, 0.5) is 11.4 Å². The third-order valence-electron chi connectivity index (χ3n) is 2.54. The van der Waals surface area contributed by atoms with E-state index in [2.05, 4.69) is 10.6 Å². The molecule has 8 heteroatoms. The van der Waals surface area contributed by atoms with Gasteiger partial charge in [0.05, 0.1) is 17.6 Å². The fourth-order valence-electron chi connectivity index (χ4n) is 1.61. The number of nitro benzene ring substituents is 1. The Labute approximate surface area is 128 Å². The van der Waals surface area contributed by atoms with Crippen LogP contribution in [0.15, 0.2) is 18.2 Å². The summed E-state index contributed by atoms with van der Waals surface area (Å²) in [6, 6.07) is 4.61. The highest BCUT2D eigenvalue weighted by molar-refractivity contribution is 7.80. The number of hydrogen-bond acceptors (Lipinski definition) is 5. The first-order valence-electron chi connectivity index (χ1n) is 6.53. The number of thiocarbonyl (C=S) groups is 1. The van der Waals surface area contributed by atoms with Gasteiger partial charge >= 0.3 is 0 Å². The molecule has 116 valence electrons. The second kappa shape index (κ2) is 9.09. The van der Waals surface area contributed by atoms with Crippen molar-refractivity contribution in [3.63, 3.8) is 0 Å². The van der Waals surface area contributed by atoms with Crippen molar-refractivity contribution in [3.05, 3.63) is 28.3 Å². The van der Waals surface area contributed by atoms with Crippen molar-refractivity contribution in [2.45, 2.75) is 13.3 Å². The molecule has 0 aliphatic carbocycles. The van der Waals surface area contributed by atoms with Crippen molar-refractivity contribution in [2.24, 2.45) is 0 Å². The fraction of sp³-hybridized carbons (Fsp3) is 0.462. The topological polar surface area (TPSA) is 85.7 Å². The quantitative estimate of drug-likeness (QED) is 0.330. The fourth-order valence-corrected chi connectivity index (χ4v) is 1.82. The number of hydrogen-bond donors (Lipinski definition) is 2.